The highest BCUT2D eigenvalue weighted by Crippen LogP contribution is 2.25. The number of carbonyl (C=O) groups excluding carboxylic acids is 2. The quantitative estimate of drug-likeness (QED) is 0.771. The van der Waals surface area contributed by atoms with Crippen LogP contribution in [-0.2, 0) is 4.79 Å². The molecule has 1 heterocycles. The topological polar surface area (TPSA) is 87.5 Å². The Morgan fingerprint density at radius 2 is 2.09 bits per heavy atom. The highest BCUT2D eigenvalue weighted by atomic mass is 35.5. The monoisotopic (exact) mass is 358 g/mol. The van der Waals surface area contributed by atoms with Crippen LogP contribution in [0.1, 0.15) is 12.8 Å². The van der Waals surface area contributed by atoms with Crippen molar-refractivity contribution in [2.24, 2.45) is 11.7 Å². The number of hydrogen-bond acceptors (Lipinski definition) is 3. The van der Waals surface area contributed by atoms with Crippen molar-refractivity contribution >= 4 is 40.8 Å². The third-order valence-corrected chi connectivity index (χ3v) is 4.43. The molecule has 1 aliphatic rings. The molecule has 23 heavy (non-hydrogen) atoms. The molecule has 1 fully saturated rings. The zero-order valence-electron chi connectivity index (χ0n) is 12.6. The molecule has 6 nitrogen and oxygen atoms in total. The third-order valence-electron chi connectivity index (χ3n) is 3.69. The molecule has 0 bridgehead atoms. The Kier molecular flexibility index (Phi) is 6.50. The van der Waals surface area contributed by atoms with Gasteiger partial charge < -0.3 is 21.3 Å². The Bertz CT molecular complexity index is 583. The number of amides is 3. The summed E-state index contributed by atoms with van der Waals surface area (Å²) in [6, 6.07) is 4.65. The first-order chi connectivity index (χ1) is 11.0. The van der Waals surface area contributed by atoms with E-state index < -0.39 is 0 Å². The molecule has 1 unspecified atom stereocenters. The van der Waals surface area contributed by atoms with Gasteiger partial charge in [0.1, 0.15) is 0 Å². The highest BCUT2D eigenvalue weighted by molar-refractivity contribution is 6.42. The number of benzene rings is 1. The van der Waals surface area contributed by atoms with Crippen molar-refractivity contribution < 1.29 is 9.59 Å². The van der Waals surface area contributed by atoms with E-state index in [0.717, 1.165) is 12.8 Å². The van der Waals surface area contributed by atoms with Crippen molar-refractivity contribution in [2.75, 3.05) is 31.5 Å². The van der Waals surface area contributed by atoms with E-state index in [1.807, 2.05) is 0 Å². The van der Waals surface area contributed by atoms with Gasteiger partial charge in [-0.1, -0.05) is 23.2 Å². The van der Waals surface area contributed by atoms with Gasteiger partial charge in [0.2, 0.25) is 5.91 Å². The van der Waals surface area contributed by atoms with E-state index in [-0.39, 0.29) is 17.9 Å². The lowest BCUT2D eigenvalue weighted by Crippen LogP contribution is -2.47. The van der Waals surface area contributed by atoms with Crippen molar-refractivity contribution in [3.63, 3.8) is 0 Å². The number of nitrogens with zero attached hydrogens (tertiary/aromatic N) is 1. The summed E-state index contributed by atoms with van der Waals surface area (Å²) in [6.07, 6.45) is 1.56. The second-order valence-corrected chi connectivity index (χ2v) is 6.24. The first kappa shape index (κ1) is 17.8. The van der Waals surface area contributed by atoms with Crippen LogP contribution in [0.2, 0.25) is 10.0 Å². The Morgan fingerprint density at radius 3 is 2.78 bits per heavy atom. The number of rotatable bonds is 4. The molecule has 126 valence electrons. The first-order valence-electron chi connectivity index (χ1n) is 7.50. The summed E-state index contributed by atoms with van der Waals surface area (Å²) in [5.74, 6) is -0.252. The molecule has 1 atom stereocenters. The molecule has 1 aliphatic heterocycles. The van der Waals surface area contributed by atoms with Crippen LogP contribution in [0.25, 0.3) is 0 Å². The maximum Gasteiger partial charge on any atom is 0.321 e. The molecular weight excluding hydrogens is 339 g/mol. The molecule has 3 amide bonds. The van der Waals surface area contributed by atoms with Crippen LogP contribution < -0.4 is 16.4 Å². The largest absolute Gasteiger partial charge is 0.355 e. The number of likely N-dealkylation sites (tertiary alicyclic amines) is 1. The minimum Gasteiger partial charge on any atom is -0.355 e. The summed E-state index contributed by atoms with van der Waals surface area (Å²) in [6.45, 7) is 1.86. The van der Waals surface area contributed by atoms with Gasteiger partial charge >= 0.3 is 6.03 Å². The fourth-order valence-electron chi connectivity index (χ4n) is 2.49. The van der Waals surface area contributed by atoms with E-state index in [9.17, 15) is 9.59 Å². The molecule has 8 heteroatoms. The van der Waals surface area contributed by atoms with Crippen LogP contribution >= 0.6 is 23.2 Å². The molecule has 4 N–H and O–H groups in total. The number of nitrogens with one attached hydrogen (secondary N) is 2. The molecule has 0 aliphatic carbocycles. The zero-order valence-corrected chi connectivity index (χ0v) is 14.2. The SMILES string of the molecule is NCCNC(=O)C1CCCN(C(=O)Nc2ccc(Cl)c(Cl)c2)C1. The van der Waals surface area contributed by atoms with Crippen LogP contribution in [0.4, 0.5) is 10.5 Å². The van der Waals surface area contributed by atoms with E-state index in [0.29, 0.717) is 41.9 Å². The second-order valence-electron chi connectivity index (χ2n) is 5.42. The van der Waals surface area contributed by atoms with Gasteiger partial charge in [-0.05, 0) is 31.0 Å². The maximum absolute atomic E-state index is 12.3. The molecule has 0 aromatic heterocycles. The number of nitrogens with two attached hydrogens (primary N) is 1. The third kappa shape index (κ3) is 4.99. The van der Waals surface area contributed by atoms with Gasteiger partial charge in [-0.25, -0.2) is 4.79 Å². The van der Waals surface area contributed by atoms with Gasteiger partial charge in [-0.15, -0.1) is 0 Å². The molecule has 0 radical (unpaired) electrons. The molecule has 1 aromatic rings. The minimum absolute atomic E-state index is 0.0533. The molecule has 1 saturated heterocycles. The number of anilines is 1. The number of halogens is 2. The van der Waals surface area contributed by atoms with Gasteiger partial charge in [0.25, 0.3) is 0 Å². The van der Waals surface area contributed by atoms with Gasteiger partial charge in [0.05, 0.1) is 16.0 Å². The van der Waals surface area contributed by atoms with Crippen LogP contribution in [0.15, 0.2) is 18.2 Å². The van der Waals surface area contributed by atoms with Gasteiger partial charge in [0, 0.05) is 31.9 Å². The van der Waals surface area contributed by atoms with Crippen molar-refractivity contribution in [3.8, 4) is 0 Å². The Hall–Kier alpha value is -1.50. The molecule has 1 aromatic carbocycles. The minimum atomic E-state index is -0.250. The van der Waals surface area contributed by atoms with Crippen LogP contribution in [0.5, 0.6) is 0 Å². The summed E-state index contributed by atoms with van der Waals surface area (Å²) in [4.78, 5) is 26.0. The summed E-state index contributed by atoms with van der Waals surface area (Å²) >= 11 is 11.8. The molecule has 0 saturated carbocycles. The normalized spacial score (nSPS) is 17.7. The zero-order chi connectivity index (χ0) is 16.8. The van der Waals surface area contributed by atoms with Crippen molar-refractivity contribution in [1.82, 2.24) is 10.2 Å². The summed E-state index contributed by atoms with van der Waals surface area (Å²) < 4.78 is 0. The number of carbonyl (C=O) groups is 2. The molecule has 2 rings (SSSR count). The van der Waals surface area contributed by atoms with Crippen LogP contribution in [-0.4, -0.2) is 43.0 Å². The Balaban J connectivity index is 1.93. The van der Waals surface area contributed by atoms with Gasteiger partial charge in [-0.2, -0.15) is 0 Å². The van der Waals surface area contributed by atoms with E-state index in [4.69, 9.17) is 28.9 Å². The fourth-order valence-corrected chi connectivity index (χ4v) is 2.79. The van der Waals surface area contributed by atoms with Gasteiger partial charge in [0.15, 0.2) is 0 Å². The standard InChI is InChI=1S/C15H20Cl2N4O2/c16-12-4-3-11(8-13(12)17)20-15(23)21-7-1-2-10(9-21)14(22)19-6-5-18/h3-4,8,10H,1-2,5-7,9,18H2,(H,19,22)(H,20,23). The summed E-state index contributed by atoms with van der Waals surface area (Å²) in [5.41, 5.74) is 5.95. The van der Waals surface area contributed by atoms with Crippen molar-refractivity contribution in [2.45, 2.75) is 12.8 Å². The average Bonchev–Trinajstić information content (AvgIpc) is 2.56. The van der Waals surface area contributed by atoms with Crippen molar-refractivity contribution in [1.29, 1.82) is 0 Å². The van der Waals surface area contributed by atoms with Crippen LogP contribution in [0.3, 0.4) is 0 Å². The summed E-state index contributed by atoms with van der Waals surface area (Å²) in [7, 11) is 0. The lowest BCUT2D eigenvalue weighted by molar-refractivity contribution is -0.126. The fraction of sp³-hybridized carbons (Fsp3) is 0.467. The predicted molar refractivity (Wildman–Crippen MR) is 91.8 cm³/mol. The average molecular weight is 359 g/mol. The van der Waals surface area contributed by atoms with E-state index in [2.05, 4.69) is 10.6 Å². The number of hydrogen-bond donors (Lipinski definition) is 3. The first-order valence-corrected chi connectivity index (χ1v) is 8.25. The van der Waals surface area contributed by atoms with E-state index >= 15 is 0 Å². The Morgan fingerprint density at radius 1 is 1.30 bits per heavy atom. The summed E-state index contributed by atoms with van der Waals surface area (Å²) in [5, 5.41) is 6.35. The van der Waals surface area contributed by atoms with Gasteiger partial charge in [-0.3, -0.25) is 4.79 Å². The lowest BCUT2D eigenvalue weighted by atomic mass is 9.97. The van der Waals surface area contributed by atoms with Crippen molar-refractivity contribution in [3.05, 3.63) is 28.2 Å². The molecule has 0 spiro atoms. The second kappa shape index (κ2) is 8.38. The highest BCUT2D eigenvalue weighted by Gasteiger charge is 2.28. The van der Waals surface area contributed by atoms with E-state index in [1.54, 1.807) is 23.1 Å². The number of piperidine rings is 1. The maximum atomic E-state index is 12.3. The smallest absolute Gasteiger partial charge is 0.321 e. The van der Waals surface area contributed by atoms with Crippen LogP contribution in [0, 0.1) is 5.92 Å². The predicted octanol–water partition coefficient (Wildman–Crippen LogP) is 2.31. The van der Waals surface area contributed by atoms with E-state index in [1.165, 1.54) is 0 Å². The Labute approximate surface area is 145 Å². The lowest BCUT2D eigenvalue weighted by Gasteiger charge is -2.32. The molecular formula is C15H20Cl2N4O2. The number of urea groups is 1.